The van der Waals surface area contributed by atoms with E-state index in [0.717, 1.165) is 29.5 Å². The maximum atomic E-state index is 11.3. The van der Waals surface area contributed by atoms with Crippen LogP contribution in [0, 0.1) is 0 Å². The first-order chi connectivity index (χ1) is 10.7. The average molecular weight is 312 g/mol. The van der Waals surface area contributed by atoms with Crippen molar-refractivity contribution in [2.45, 2.75) is 13.3 Å². The Bertz CT molecular complexity index is 809. The van der Waals surface area contributed by atoms with Gasteiger partial charge in [0.05, 0.1) is 5.69 Å². The summed E-state index contributed by atoms with van der Waals surface area (Å²) in [5, 5.41) is 8.81. The third-order valence-electron chi connectivity index (χ3n) is 3.53. The minimum atomic E-state index is 0.313. The van der Waals surface area contributed by atoms with Crippen LogP contribution in [0.25, 0.3) is 16.9 Å². The van der Waals surface area contributed by atoms with Crippen LogP contribution in [0.2, 0.25) is 5.02 Å². The van der Waals surface area contributed by atoms with Gasteiger partial charge < -0.3 is 0 Å². The molecule has 0 atom stereocenters. The number of hydrogen-bond donors (Lipinski definition) is 0. The Labute approximate surface area is 133 Å². The number of hydrogen-bond acceptors (Lipinski definition) is 3. The van der Waals surface area contributed by atoms with E-state index in [1.807, 2.05) is 36.4 Å². The predicted octanol–water partition coefficient (Wildman–Crippen LogP) is 3.96. The number of aldehydes is 1. The second-order valence-electron chi connectivity index (χ2n) is 4.84. The molecule has 0 radical (unpaired) electrons. The highest BCUT2D eigenvalue weighted by Crippen LogP contribution is 2.27. The molecule has 4 nitrogen and oxygen atoms in total. The zero-order valence-electron chi connectivity index (χ0n) is 12.0. The number of aryl methyl sites for hydroxylation is 1. The number of benzene rings is 2. The van der Waals surface area contributed by atoms with Crippen molar-refractivity contribution < 1.29 is 4.79 Å². The molecule has 0 bridgehead atoms. The molecule has 22 heavy (non-hydrogen) atoms. The van der Waals surface area contributed by atoms with E-state index in [0.29, 0.717) is 16.4 Å². The van der Waals surface area contributed by atoms with Gasteiger partial charge in [0.25, 0.3) is 0 Å². The lowest BCUT2D eigenvalue weighted by molar-refractivity contribution is 0.111. The number of rotatable bonds is 4. The summed E-state index contributed by atoms with van der Waals surface area (Å²) in [6.07, 6.45) is 1.59. The van der Waals surface area contributed by atoms with Gasteiger partial charge in [-0.25, -0.2) is 4.68 Å². The number of halogens is 1. The van der Waals surface area contributed by atoms with E-state index >= 15 is 0 Å². The molecule has 1 heterocycles. The van der Waals surface area contributed by atoms with Gasteiger partial charge in [-0.05, 0) is 30.2 Å². The van der Waals surface area contributed by atoms with Gasteiger partial charge in [-0.3, -0.25) is 4.79 Å². The minimum absolute atomic E-state index is 0.313. The van der Waals surface area contributed by atoms with Crippen molar-refractivity contribution in [2.24, 2.45) is 0 Å². The van der Waals surface area contributed by atoms with Crippen molar-refractivity contribution in [2.75, 3.05) is 0 Å². The molecule has 0 aliphatic carbocycles. The van der Waals surface area contributed by atoms with E-state index < -0.39 is 0 Å². The molecule has 5 heteroatoms. The second kappa shape index (κ2) is 6.12. The van der Waals surface area contributed by atoms with Crippen LogP contribution in [0.1, 0.15) is 23.0 Å². The van der Waals surface area contributed by atoms with Crippen LogP contribution < -0.4 is 0 Å². The highest BCUT2D eigenvalue weighted by atomic mass is 35.5. The molecule has 0 aliphatic heterocycles. The Morgan fingerprint density at radius 2 is 1.86 bits per heavy atom. The molecular weight excluding hydrogens is 298 g/mol. The minimum Gasteiger partial charge on any atom is -0.296 e. The molecule has 0 unspecified atom stereocenters. The van der Waals surface area contributed by atoms with Gasteiger partial charge in [0, 0.05) is 10.6 Å². The van der Waals surface area contributed by atoms with Crippen molar-refractivity contribution in [3.63, 3.8) is 0 Å². The lowest BCUT2D eigenvalue weighted by Gasteiger charge is -2.11. The van der Waals surface area contributed by atoms with Crippen LogP contribution in [-0.4, -0.2) is 21.3 Å². The Morgan fingerprint density at radius 3 is 2.55 bits per heavy atom. The van der Waals surface area contributed by atoms with Gasteiger partial charge >= 0.3 is 0 Å². The third-order valence-corrected chi connectivity index (χ3v) is 3.78. The maximum absolute atomic E-state index is 11.3. The summed E-state index contributed by atoms with van der Waals surface area (Å²) in [6, 6.07) is 15.2. The first-order valence-corrected chi connectivity index (χ1v) is 7.37. The maximum Gasteiger partial charge on any atom is 0.172 e. The molecular formula is C17H14ClN3O. The van der Waals surface area contributed by atoms with E-state index in [1.165, 1.54) is 0 Å². The molecule has 0 saturated heterocycles. The number of aromatic nitrogens is 3. The molecule has 0 spiro atoms. The van der Waals surface area contributed by atoms with E-state index in [2.05, 4.69) is 17.2 Å². The first-order valence-electron chi connectivity index (χ1n) is 6.99. The van der Waals surface area contributed by atoms with Crippen LogP contribution in [-0.2, 0) is 6.42 Å². The number of nitrogens with zero attached hydrogens (tertiary/aromatic N) is 3. The molecule has 1 aromatic heterocycles. The van der Waals surface area contributed by atoms with Gasteiger partial charge in [0.2, 0.25) is 0 Å². The fraction of sp³-hybridized carbons (Fsp3) is 0.118. The van der Waals surface area contributed by atoms with E-state index in [9.17, 15) is 4.79 Å². The van der Waals surface area contributed by atoms with Gasteiger partial charge in [-0.2, -0.15) is 0 Å². The van der Waals surface area contributed by atoms with Crippen molar-refractivity contribution in [1.29, 1.82) is 0 Å². The SMILES string of the molecule is CCc1ccccc1-n1nnc(C=O)c1-c1ccc(Cl)cc1. The summed E-state index contributed by atoms with van der Waals surface area (Å²) in [4.78, 5) is 11.3. The molecule has 0 fully saturated rings. The lowest BCUT2D eigenvalue weighted by Crippen LogP contribution is -2.03. The Balaban J connectivity index is 2.23. The van der Waals surface area contributed by atoms with Crippen LogP contribution in [0.4, 0.5) is 0 Å². The third kappa shape index (κ3) is 2.53. The van der Waals surface area contributed by atoms with Crippen molar-refractivity contribution >= 4 is 17.9 Å². The first kappa shape index (κ1) is 14.5. The highest BCUT2D eigenvalue weighted by Gasteiger charge is 2.17. The molecule has 2 aromatic carbocycles. The summed E-state index contributed by atoms with van der Waals surface area (Å²) >= 11 is 5.94. The second-order valence-corrected chi connectivity index (χ2v) is 5.28. The zero-order chi connectivity index (χ0) is 15.5. The lowest BCUT2D eigenvalue weighted by atomic mass is 10.1. The van der Waals surface area contributed by atoms with Crippen molar-refractivity contribution in [3.05, 3.63) is 64.8 Å². The number of carbonyl (C=O) groups is 1. The summed E-state index contributed by atoms with van der Waals surface area (Å²) in [5.74, 6) is 0. The number of para-hydroxylation sites is 1. The number of carbonyl (C=O) groups excluding carboxylic acids is 1. The molecule has 110 valence electrons. The van der Waals surface area contributed by atoms with Gasteiger partial charge in [-0.1, -0.05) is 54.1 Å². The van der Waals surface area contributed by atoms with E-state index in [1.54, 1.807) is 16.8 Å². The Kier molecular flexibility index (Phi) is 4.02. The Hall–Kier alpha value is -2.46. The molecule has 0 saturated carbocycles. The topological polar surface area (TPSA) is 47.8 Å². The summed E-state index contributed by atoms with van der Waals surface area (Å²) in [7, 11) is 0. The van der Waals surface area contributed by atoms with Gasteiger partial charge in [0.15, 0.2) is 12.0 Å². The monoisotopic (exact) mass is 311 g/mol. The average Bonchev–Trinajstić information content (AvgIpc) is 2.99. The van der Waals surface area contributed by atoms with E-state index in [4.69, 9.17) is 11.6 Å². The normalized spacial score (nSPS) is 10.6. The fourth-order valence-electron chi connectivity index (χ4n) is 2.44. The summed E-state index contributed by atoms with van der Waals surface area (Å²) in [6.45, 7) is 2.08. The predicted molar refractivity (Wildman–Crippen MR) is 86.6 cm³/mol. The smallest absolute Gasteiger partial charge is 0.172 e. The molecule has 3 rings (SSSR count). The van der Waals surface area contributed by atoms with Crippen molar-refractivity contribution in [3.8, 4) is 16.9 Å². The molecule has 0 amide bonds. The Morgan fingerprint density at radius 1 is 1.14 bits per heavy atom. The van der Waals surface area contributed by atoms with E-state index in [-0.39, 0.29) is 0 Å². The molecule has 0 aliphatic rings. The summed E-state index contributed by atoms with van der Waals surface area (Å²) < 4.78 is 1.71. The molecule has 0 N–H and O–H groups in total. The van der Waals surface area contributed by atoms with Crippen LogP contribution in [0.3, 0.4) is 0 Å². The fourth-order valence-corrected chi connectivity index (χ4v) is 2.56. The van der Waals surface area contributed by atoms with Crippen LogP contribution >= 0.6 is 11.6 Å². The standard InChI is InChI=1S/C17H14ClN3O/c1-2-12-5-3-4-6-16(12)21-17(15(11-22)19-20-21)13-7-9-14(18)10-8-13/h3-11H,2H2,1H3. The van der Waals surface area contributed by atoms with Gasteiger partial charge in [0.1, 0.15) is 5.69 Å². The van der Waals surface area contributed by atoms with Gasteiger partial charge in [-0.15, -0.1) is 5.10 Å². The molecule has 3 aromatic rings. The van der Waals surface area contributed by atoms with Crippen LogP contribution in [0.5, 0.6) is 0 Å². The van der Waals surface area contributed by atoms with Crippen LogP contribution in [0.15, 0.2) is 48.5 Å². The quantitative estimate of drug-likeness (QED) is 0.685. The zero-order valence-corrected chi connectivity index (χ0v) is 12.8. The summed E-state index contributed by atoms with van der Waals surface area (Å²) in [5.41, 5.74) is 3.90. The van der Waals surface area contributed by atoms with Crippen molar-refractivity contribution in [1.82, 2.24) is 15.0 Å². The highest BCUT2D eigenvalue weighted by molar-refractivity contribution is 6.30. The largest absolute Gasteiger partial charge is 0.296 e.